The van der Waals surface area contributed by atoms with Gasteiger partial charge in [0.2, 0.25) is 5.91 Å². The second-order valence-electron chi connectivity index (χ2n) is 3.24. The first-order valence-electron chi connectivity index (χ1n) is 4.99. The van der Waals surface area contributed by atoms with Gasteiger partial charge in [-0.3, -0.25) is 4.79 Å². The lowest BCUT2D eigenvalue weighted by molar-refractivity contribution is -0.115. The molecule has 0 unspecified atom stereocenters. The number of hydrogen-bond donors (Lipinski definition) is 2. The highest BCUT2D eigenvalue weighted by Crippen LogP contribution is 2.17. The monoisotopic (exact) mass is 233 g/mol. The van der Waals surface area contributed by atoms with Crippen molar-refractivity contribution in [3.05, 3.63) is 42.2 Å². The van der Waals surface area contributed by atoms with Gasteiger partial charge in [-0.15, -0.1) is 6.58 Å². The Morgan fingerprint density at radius 2 is 2.35 bits per heavy atom. The van der Waals surface area contributed by atoms with Crippen LogP contribution in [0, 0.1) is 17.1 Å². The summed E-state index contributed by atoms with van der Waals surface area (Å²) in [5, 5.41) is 14.0. The Hall–Kier alpha value is -2.19. The summed E-state index contributed by atoms with van der Waals surface area (Å²) in [5.74, 6) is -0.988. The van der Waals surface area contributed by atoms with E-state index < -0.39 is 5.82 Å². The van der Waals surface area contributed by atoms with E-state index in [-0.39, 0.29) is 23.7 Å². The van der Waals surface area contributed by atoms with Gasteiger partial charge in [-0.2, -0.15) is 5.26 Å². The number of halogens is 1. The molecule has 5 heteroatoms. The van der Waals surface area contributed by atoms with Gasteiger partial charge in [0.05, 0.1) is 12.2 Å². The van der Waals surface area contributed by atoms with Crippen LogP contribution in [-0.4, -0.2) is 19.0 Å². The molecule has 0 saturated carbocycles. The van der Waals surface area contributed by atoms with Crippen molar-refractivity contribution in [3.8, 4) is 6.07 Å². The minimum Gasteiger partial charge on any atom is -0.324 e. The molecule has 0 aliphatic rings. The highest BCUT2D eigenvalue weighted by Gasteiger charge is 2.09. The maximum atomic E-state index is 13.2. The molecule has 1 aromatic rings. The van der Waals surface area contributed by atoms with Crippen molar-refractivity contribution in [1.29, 1.82) is 5.26 Å². The van der Waals surface area contributed by atoms with Crippen LogP contribution in [0.5, 0.6) is 0 Å². The van der Waals surface area contributed by atoms with Gasteiger partial charge >= 0.3 is 0 Å². The summed E-state index contributed by atoms with van der Waals surface area (Å²) in [5.41, 5.74) is 0.0162. The van der Waals surface area contributed by atoms with Gasteiger partial charge in [-0.1, -0.05) is 12.1 Å². The molecule has 0 aromatic heterocycles. The summed E-state index contributed by atoms with van der Waals surface area (Å²) >= 11 is 0. The fourth-order valence-electron chi connectivity index (χ4n) is 1.22. The van der Waals surface area contributed by atoms with Crippen molar-refractivity contribution >= 4 is 11.6 Å². The van der Waals surface area contributed by atoms with Crippen LogP contribution in [-0.2, 0) is 4.79 Å². The van der Waals surface area contributed by atoms with E-state index in [1.165, 1.54) is 18.2 Å². The maximum Gasteiger partial charge on any atom is 0.238 e. The van der Waals surface area contributed by atoms with Crippen LogP contribution < -0.4 is 10.6 Å². The molecule has 0 aliphatic carbocycles. The minimum atomic E-state index is -0.649. The average Bonchev–Trinajstić information content (AvgIpc) is 2.29. The lowest BCUT2D eigenvalue weighted by atomic mass is 10.2. The standard InChI is InChI=1S/C12H12FN3O/c1-2-6-15-8-12(17)16-11-5-3-4-10(13)9(11)7-14/h2-5,15H,1,6,8H2,(H,16,17). The molecule has 1 aromatic carbocycles. The van der Waals surface area contributed by atoms with E-state index in [1.807, 2.05) is 0 Å². The Morgan fingerprint density at radius 1 is 1.59 bits per heavy atom. The van der Waals surface area contributed by atoms with E-state index in [4.69, 9.17) is 5.26 Å². The zero-order chi connectivity index (χ0) is 12.7. The van der Waals surface area contributed by atoms with Gasteiger partial charge in [0.15, 0.2) is 0 Å². The van der Waals surface area contributed by atoms with Crippen LogP contribution in [0.15, 0.2) is 30.9 Å². The summed E-state index contributed by atoms with van der Waals surface area (Å²) in [7, 11) is 0. The largest absolute Gasteiger partial charge is 0.324 e. The molecule has 0 aliphatic heterocycles. The Morgan fingerprint density at radius 3 is 3.00 bits per heavy atom. The molecule has 0 spiro atoms. The molecule has 4 nitrogen and oxygen atoms in total. The Balaban J connectivity index is 2.69. The van der Waals surface area contributed by atoms with Gasteiger partial charge in [-0.25, -0.2) is 4.39 Å². The van der Waals surface area contributed by atoms with Crippen molar-refractivity contribution in [2.45, 2.75) is 0 Å². The molecule has 0 radical (unpaired) electrons. The van der Waals surface area contributed by atoms with Crippen LogP contribution in [0.25, 0.3) is 0 Å². The van der Waals surface area contributed by atoms with E-state index in [2.05, 4.69) is 17.2 Å². The maximum absolute atomic E-state index is 13.2. The number of amides is 1. The molecule has 1 rings (SSSR count). The molecule has 17 heavy (non-hydrogen) atoms. The number of carbonyl (C=O) groups excluding carboxylic acids is 1. The van der Waals surface area contributed by atoms with Gasteiger partial charge in [-0.05, 0) is 12.1 Å². The number of rotatable bonds is 5. The lowest BCUT2D eigenvalue weighted by Gasteiger charge is -2.07. The van der Waals surface area contributed by atoms with E-state index in [0.717, 1.165) is 0 Å². The van der Waals surface area contributed by atoms with Crippen LogP contribution in [0.1, 0.15) is 5.56 Å². The second-order valence-corrected chi connectivity index (χ2v) is 3.24. The highest BCUT2D eigenvalue weighted by molar-refractivity contribution is 5.93. The molecule has 0 atom stereocenters. The molecule has 2 N–H and O–H groups in total. The molecular weight excluding hydrogens is 221 g/mol. The number of carbonyl (C=O) groups is 1. The SMILES string of the molecule is C=CCNCC(=O)Nc1cccc(F)c1C#N. The molecule has 0 fully saturated rings. The predicted octanol–water partition coefficient (Wildman–Crippen LogP) is 1.41. The van der Waals surface area contributed by atoms with Gasteiger partial charge in [0.25, 0.3) is 0 Å². The summed E-state index contributed by atoms with van der Waals surface area (Å²) in [4.78, 5) is 11.4. The van der Waals surface area contributed by atoms with Crippen molar-refractivity contribution in [3.63, 3.8) is 0 Å². The zero-order valence-corrected chi connectivity index (χ0v) is 9.16. The molecule has 0 bridgehead atoms. The molecule has 0 heterocycles. The topological polar surface area (TPSA) is 64.9 Å². The number of anilines is 1. The number of nitrogens with one attached hydrogen (secondary N) is 2. The Kier molecular flexibility index (Phi) is 4.85. The smallest absolute Gasteiger partial charge is 0.238 e. The van der Waals surface area contributed by atoms with Crippen molar-refractivity contribution in [2.24, 2.45) is 0 Å². The third-order valence-electron chi connectivity index (χ3n) is 1.97. The summed E-state index contributed by atoms with van der Waals surface area (Å²) in [6, 6.07) is 5.79. The lowest BCUT2D eigenvalue weighted by Crippen LogP contribution is -2.28. The molecule has 1 amide bonds. The first-order valence-corrected chi connectivity index (χ1v) is 4.99. The van der Waals surface area contributed by atoms with Crippen molar-refractivity contribution in [2.75, 3.05) is 18.4 Å². The van der Waals surface area contributed by atoms with Crippen molar-refractivity contribution < 1.29 is 9.18 Å². The number of hydrogen-bond acceptors (Lipinski definition) is 3. The van der Waals surface area contributed by atoms with E-state index in [1.54, 1.807) is 12.1 Å². The predicted molar refractivity (Wildman–Crippen MR) is 62.8 cm³/mol. The third kappa shape index (κ3) is 3.70. The fraction of sp³-hybridized carbons (Fsp3) is 0.167. The molecular formula is C12H12FN3O. The van der Waals surface area contributed by atoms with E-state index >= 15 is 0 Å². The Labute approximate surface area is 98.8 Å². The summed E-state index contributed by atoms with van der Waals surface area (Å²) in [6.45, 7) is 4.07. The summed E-state index contributed by atoms with van der Waals surface area (Å²) in [6.07, 6.45) is 1.62. The van der Waals surface area contributed by atoms with Gasteiger partial charge < -0.3 is 10.6 Å². The van der Waals surface area contributed by atoms with Gasteiger partial charge in [0, 0.05) is 6.54 Å². The quantitative estimate of drug-likeness (QED) is 0.597. The third-order valence-corrected chi connectivity index (χ3v) is 1.97. The first kappa shape index (κ1) is 12.9. The van der Waals surface area contributed by atoms with E-state index in [9.17, 15) is 9.18 Å². The van der Waals surface area contributed by atoms with Crippen LogP contribution >= 0.6 is 0 Å². The average molecular weight is 233 g/mol. The number of nitrogens with zero attached hydrogens (tertiary/aromatic N) is 1. The number of benzene rings is 1. The van der Waals surface area contributed by atoms with Crippen LogP contribution in [0.2, 0.25) is 0 Å². The molecule has 88 valence electrons. The van der Waals surface area contributed by atoms with Crippen molar-refractivity contribution in [1.82, 2.24) is 5.32 Å². The molecule has 0 saturated heterocycles. The van der Waals surface area contributed by atoms with Gasteiger partial charge in [0.1, 0.15) is 17.4 Å². The van der Waals surface area contributed by atoms with Crippen LogP contribution in [0.3, 0.4) is 0 Å². The summed E-state index contributed by atoms with van der Waals surface area (Å²) < 4.78 is 13.2. The number of nitriles is 1. The normalized spacial score (nSPS) is 9.41. The fourth-order valence-corrected chi connectivity index (χ4v) is 1.22. The Bertz CT molecular complexity index is 465. The first-order chi connectivity index (χ1) is 8.19. The van der Waals surface area contributed by atoms with E-state index in [0.29, 0.717) is 6.54 Å². The minimum absolute atomic E-state index is 0.0768. The second kappa shape index (κ2) is 6.40. The van der Waals surface area contributed by atoms with Crippen LogP contribution in [0.4, 0.5) is 10.1 Å². The zero-order valence-electron chi connectivity index (χ0n) is 9.16. The highest BCUT2D eigenvalue weighted by atomic mass is 19.1.